The Balaban J connectivity index is 2.61. The van der Waals surface area contributed by atoms with Gasteiger partial charge in [-0.1, -0.05) is 20.8 Å². The van der Waals surface area contributed by atoms with E-state index in [1.54, 1.807) is 17.4 Å². The number of aryl methyl sites for hydroxylation is 1. The topological polar surface area (TPSA) is 58.2 Å². The Morgan fingerprint density at radius 2 is 2.00 bits per heavy atom. The van der Waals surface area contributed by atoms with E-state index in [0.29, 0.717) is 17.4 Å². The summed E-state index contributed by atoms with van der Waals surface area (Å²) in [6.45, 7) is 10.5. The van der Waals surface area contributed by atoms with E-state index in [1.165, 1.54) is 0 Å². The molecular weight excluding hydrogens is 304 g/mol. The van der Waals surface area contributed by atoms with Crippen LogP contribution in [0.3, 0.4) is 0 Å². The van der Waals surface area contributed by atoms with E-state index < -0.39 is 10.0 Å². The molecule has 0 bridgehead atoms. The molecule has 0 aliphatic carbocycles. The molecule has 122 valence electrons. The molecule has 0 atom stereocenters. The van der Waals surface area contributed by atoms with Crippen molar-refractivity contribution in [2.75, 3.05) is 13.1 Å². The molecule has 0 radical (unpaired) electrons. The molecular formula is C15H28N2O2S2. The van der Waals surface area contributed by atoms with Crippen LogP contribution in [0.2, 0.25) is 0 Å². The van der Waals surface area contributed by atoms with Crippen LogP contribution in [0.5, 0.6) is 0 Å². The highest BCUT2D eigenvalue weighted by Gasteiger charge is 2.19. The minimum Gasteiger partial charge on any atom is -0.312 e. The number of rotatable bonds is 10. The van der Waals surface area contributed by atoms with Crippen molar-refractivity contribution in [3.05, 3.63) is 15.8 Å². The van der Waals surface area contributed by atoms with E-state index in [1.807, 2.05) is 6.92 Å². The maximum Gasteiger partial charge on any atom is 0.241 e. The van der Waals surface area contributed by atoms with Gasteiger partial charge in [-0.05, 0) is 44.7 Å². The third kappa shape index (κ3) is 6.46. The summed E-state index contributed by atoms with van der Waals surface area (Å²) < 4.78 is 27.3. The Labute approximate surface area is 133 Å². The monoisotopic (exact) mass is 332 g/mol. The smallest absolute Gasteiger partial charge is 0.241 e. The predicted molar refractivity (Wildman–Crippen MR) is 90.3 cm³/mol. The molecule has 0 aliphatic heterocycles. The van der Waals surface area contributed by atoms with Crippen molar-refractivity contribution >= 4 is 21.4 Å². The van der Waals surface area contributed by atoms with Crippen LogP contribution >= 0.6 is 11.3 Å². The minimum atomic E-state index is -3.37. The Kier molecular flexibility index (Phi) is 7.87. The standard InChI is InChI=1S/C15H28N2O2S2/c1-5-8-16-11-14-10-15(13(4)20-14)21(18,19)17-9-6-7-12(2)3/h10,12,16-17H,5-9,11H2,1-4H3. The first-order valence-corrected chi connectivity index (χ1v) is 9.96. The third-order valence-corrected chi connectivity index (χ3v) is 5.96. The van der Waals surface area contributed by atoms with Gasteiger partial charge >= 0.3 is 0 Å². The Morgan fingerprint density at radius 1 is 1.29 bits per heavy atom. The van der Waals surface area contributed by atoms with E-state index in [0.717, 1.165) is 42.1 Å². The number of hydrogen-bond acceptors (Lipinski definition) is 4. The second-order valence-corrected chi connectivity index (χ2v) is 8.82. The fourth-order valence-corrected chi connectivity index (χ4v) is 4.74. The Hall–Kier alpha value is -0.430. The molecule has 1 rings (SSSR count). The van der Waals surface area contributed by atoms with Gasteiger partial charge in [-0.15, -0.1) is 11.3 Å². The highest BCUT2D eigenvalue weighted by Crippen LogP contribution is 2.25. The number of hydrogen-bond donors (Lipinski definition) is 2. The fourth-order valence-electron chi connectivity index (χ4n) is 2.06. The van der Waals surface area contributed by atoms with Gasteiger partial charge < -0.3 is 5.32 Å². The minimum absolute atomic E-state index is 0.436. The van der Waals surface area contributed by atoms with Crippen molar-refractivity contribution in [2.45, 2.75) is 58.4 Å². The molecule has 0 saturated heterocycles. The molecule has 1 aromatic heterocycles. The number of sulfonamides is 1. The van der Waals surface area contributed by atoms with Gasteiger partial charge in [-0.3, -0.25) is 0 Å². The highest BCUT2D eigenvalue weighted by molar-refractivity contribution is 7.89. The van der Waals surface area contributed by atoms with Gasteiger partial charge in [-0.25, -0.2) is 13.1 Å². The lowest BCUT2D eigenvalue weighted by Gasteiger charge is -2.07. The van der Waals surface area contributed by atoms with Crippen molar-refractivity contribution in [3.63, 3.8) is 0 Å². The lowest BCUT2D eigenvalue weighted by molar-refractivity contribution is 0.540. The quantitative estimate of drug-likeness (QED) is 0.647. The molecule has 0 spiro atoms. The summed E-state index contributed by atoms with van der Waals surface area (Å²) in [7, 11) is -3.37. The van der Waals surface area contributed by atoms with Gasteiger partial charge in [-0.2, -0.15) is 0 Å². The molecule has 6 heteroatoms. The van der Waals surface area contributed by atoms with Gasteiger partial charge in [0.2, 0.25) is 10.0 Å². The largest absolute Gasteiger partial charge is 0.312 e. The van der Waals surface area contributed by atoms with Crippen LogP contribution in [0.1, 0.15) is 49.8 Å². The number of nitrogens with one attached hydrogen (secondary N) is 2. The van der Waals surface area contributed by atoms with Crippen LogP contribution in [-0.4, -0.2) is 21.5 Å². The summed E-state index contributed by atoms with van der Waals surface area (Å²) >= 11 is 1.55. The van der Waals surface area contributed by atoms with Crippen molar-refractivity contribution in [2.24, 2.45) is 5.92 Å². The lowest BCUT2D eigenvalue weighted by atomic mass is 10.1. The first-order valence-electron chi connectivity index (χ1n) is 7.66. The Morgan fingerprint density at radius 3 is 2.62 bits per heavy atom. The summed E-state index contributed by atoms with van der Waals surface area (Å²) in [5.41, 5.74) is 0. The zero-order valence-electron chi connectivity index (χ0n) is 13.5. The van der Waals surface area contributed by atoms with E-state index in [4.69, 9.17) is 0 Å². The molecule has 1 heterocycles. The lowest BCUT2D eigenvalue weighted by Crippen LogP contribution is -2.25. The van der Waals surface area contributed by atoms with Crippen LogP contribution in [0.4, 0.5) is 0 Å². The van der Waals surface area contributed by atoms with Crippen LogP contribution in [-0.2, 0) is 16.6 Å². The summed E-state index contributed by atoms with van der Waals surface area (Å²) in [6.07, 6.45) is 3.00. The highest BCUT2D eigenvalue weighted by atomic mass is 32.2. The Bertz CT molecular complexity index is 522. The van der Waals surface area contributed by atoms with Gasteiger partial charge in [0.05, 0.1) is 4.90 Å². The van der Waals surface area contributed by atoms with E-state index in [2.05, 4.69) is 30.8 Å². The molecule has 4 nitrogen and oxygen atoms in total. The maximum atomic E-state index is 12.3. The fraction of sp³-hybridized carbons (Fsp3) is 0.733. The van der Waals surface area contributed by atoms with Crippen molar-refractivity contribution < 1.29 is 8.42 Å². The van der Waals surface area contributed by atoms with E-state index in [-0.39, 0.29) is 0 Å². The summed E-state index contributed by atoms with van der Waals surface area (Å²) in [5, 5.41) is 3.30. The molecule has 0 aliphatic rings. The van der Waals surface area contributed by atoms with Crippen molar-refractivity contribution in [1.29, 1.82) is 0 Å². The van der Waals surface area contributed by atoms with Crippen LogP contribution in [0.15, 0.2) is 11.0 Å². The van der Waals surface area contributed by atoms with Gasteiger partial charge in [0.15, 0.2) is 0 Å². The molecule has 0 unspecified atom stereocenters. The molecule has 0 aromatic carbocycles. The predicted octanol–water partition coefficient (Wildman–Crippen LogP) is 3.27. The third-order valence-electron chi connectivity index (χ3n) is 3.19. The van der Waals surface area contributed by atoms with Crippen molar-refractivity contribution in [1.82, 2.24) is 10.0 Å². The van der Waals surface area contributed by atoms with Crippen LogP contribution in [0.25, 0.3) is 0 Å². The van der Waals surface area contributed by atoms with Crippen LogP contribution in [0, 0.1) is 12.8 Å². The zero-order valence-corrected chi connectivity index (χ0v) is 15.2. The second kappa shape index (κ2) is 8.88. The second-order valence-electron chi connectivity index (χ2n) is 5.74. The van der Waals surface area contributed by atoms with E-state index in [9.17, 15) is 8.42 Å². The van der Waals surface area contributed by atoms with Gasteiger partial charge in [0.1, 0.15) is 0 Å². The summed E-state index contributed by atoms with van der Waals surface area (Å²) in [6, 6.07) is 1.80. The summed E-state index contributed by atoms with van der Waals surface area (Å²) in [5.74, 6) is 0.605. The molecule has 2 N–H and O–H groups in total. The van der Waals surface area contributed by atoms with Crippen molar-refractivity contribution in [3.8, 4) is 0 Å². The average molecular weight is 333 g/mol. The maximum absolute atomic E-state index is 12.3. The molecule has 21 heavy (non-hydrogen) atoms. The SMILES string of the molecule is CCCNCc1cc(S(=O)(=O)NCCCC(C)C)c(C)s1. The molecule has 0 amide bonds. The summed E-state index contributed by atoms with van der Waals surface area (Å²) in [4.78, 5) is 2.37. The molecule has 0 saturated carbocycles. The normalized spacial score (nSPS) is 12.2. The number of thiophene rings is 1. The van der Waals surface area contributed by atoms with Gasteiger partial charge in [0, 0.05) is 22.8 Å². The zero-order chi connectivity index (χ0) is 15.9. The molecule has 0 fully saturated rings. The first kappa shape index (κ1) is 18.6. The average Bonchev–Trinajstić information content (AvgIpc) is 2.77. The first-order chi connectivity index (χ1) is 9.86. The van der Waals surface area contributed by atoms with E-state index >= 15 is 0 Å². The van der Waals surface area contributed by atoms with Gasteiger partial charge in [0.25, 0.3) is 0 Å². The van der Waals surface area contributed by atoms with Crippen LogP contribution < -0.4 is 10.0 Å². The molecule has 1 aromatic rings.